The fraction of sp³-hybridized carbons (Fsp3) is 0.0588. The van der Waals surface area contributed by atoms with E-state index in [1.54, 1.807) is 17.8 Å². The van der Waals surface area contributed by atoms with E-state index in [0.717, 1.165) is 17.3 Å². The molecule has 0 aliphatic rings. The number of rotatable bonds is 3. The Hall–Kier alpha value is -3.02. The van der Waals surface area contributed by atoms with E-state index < -0.39 is 17.5 Å². The van der Waals surface area contributed by atoms with Gasteiger partial charge in [-0.2, -0.15) is 5.10 Å². The summed E-state index contributed by atoms with van der Waals surface area (Å²) >= 11 is 0. The summed E-state index contributed by atoms with van der Waals surface area (Å²) in [4.78, 5) is 12.2. The van der Waals surface area contributed by atoms with Crippen molar-refractivity contribution in [2.24, 2.45) is 7.05 Å². The summed E-state index contributed by atoms with van der Waals surface area (Å²) in [7, 11) is 1.72. The minimum absolute atomic E-state index is 0.0942. The molecule has 0 radical (unpaired) electrons. The van der Waals surface area contributed by atoms with E-state index in [1.807, 2.05) is 30.3 Å². The van der Waals surface area contributed by atoms with E-state index in [0.29, 0.717) is 6.07 Å². The number of hydrogen-bond donors (Lipinski definition) is 1. The third-order valence-corrected chi connectivity index (χ3v) is 3.36. The average Bonchev–Trinajstić information content (AvgIpc) is 2.93. The van der Waals surface area contributed by atoms with Crippen LogP contribution in [0.25, 0.3) is 11.3 Å². The predicted molar refractivity (Wildman–Crippen MR) is 83.0 cm³/mol. The third kappa shape index (κ3) is 3.11. The Labute approximate surface area is 131 Å². The minimum atomic E-state index is -0.836. The number of aryl methyl sites for hydroxylation is 1. The smallest absolute Gasteiger partial charge is 0.276 e. The second-order valence-electron chi connectivity index (χ2n) is 4.98. The van der Waals surface area contributed by atoms with E-state index in [1.165, 1.54) is 6.07 Å². The van der Waals surface area contributed by atoms with Crippen molar-refractivity contribution in [2.75, 3.05) is 5.32 Å². The van der Waals surface area contributed by atoms with Gasteiger partial charge in [-0.3, -0.25) is 9.48 Å². The Morgan fingerprint density at radius 1 is 1.09 bits per heavy atom. The van der Waals surface area contributed by atoms with Crippen molar-refractivity contribution >= 4 is 11.6 Å². The molecule has 1 heterocycles. The molecule has 0 saturated heterocycles. The molecular weight excluding hydrogens is 300 g/mol. The van der Waals surface area contributed by atoms with E-state index in [4.69, 9.17) is 0 Å². The lowest BCUT2D eigenvalue weighted by molar-refractivity contribution is 0.102. The zero-order valence-corrected chi connectivity index (χ0v) is 12.3. The predicted octanol–water partition coefficient (Wildman–Crippen LogP) is 3.62. The van der Waals surface area contributed by atoms with Gasteiger partial charge in [0.05, 0.1) is 11.4 Å². The Morgan fingerprint density at radius 3 is 2.52 bits per heavy atom. The van der Waals surface area contributed by atoms with Crippen LogP contribution >= 0.6 is 0 Å². The first-order valence-corrected chi connectivity index (χ1v) is 6.90. The highest BCUT2D eigenvalue weighted by molar-refractivity contribution is 6.03. The van der Waals surface area contributed by atoms with E-state index in [-0.39, 0.29) is 11.4 Å². The van der Waals surface area contributed by atoms with Crippen LogP contribution in [0.1, 0.15) is 10.5 Å². The average molecular weight is 313 g/mol. The van der Waals surface area contributed by atoms with Crippen molar-refractivity contribution in [1.29, 1.82) is 0 Å². The minimum Gasteiger partial charge on any atom is -0.318 e. The van der Waals surface area contributed by atoms with Crippen molar-refractivity contribution in [3.8, 4) is 11.3 Å². The Balaban J connectivity index is 1.86. The van der Waals surface area contributed by atoms with Crippen molar-refractivity contribution in [1.82, 2.24) is 9.78 Å². The first-order valence-electron chi connectivity index (χ1n) is 6.90. The summed E-state index contributed by atoms with van der Waals surface area (Å²) < 4.78 is 28.1. The number of amides is 1. The number of anilines is 1. The van der Waals surface area contributed by atoms with Crippen molar-refractivity contribution in [2.45, 2.75) is 0 Å². The first-order chi connectivity index (χ1) is 11.0. The van der Waals surface area contributed by atoms with Gasteiger partial charge in [0.2, 0.25) is 0 Å². The highest BCUT2D eigenvalue weighted by Gasteiger charge is 2.15. The Kier molecular flexibility index (Phi) is 3.89. The number of carbonyl (C=O) groups excluding carboxylic acids is 1. The molecule has 4 nitrogen and oxygen atoms in total. The summed E-state index contributed by atoms with van der Waals surface area (Å²) in [5, 5.41) is 6.53. The number of aromatic nitrogens is 2. The van der Waals surface area contributed by atoms with Crippen LogP contribution in [0.2, 0.25) is 0 Å². The van der Waals surface area contributed by atoms with Crippen molar-refractivity contribution < 1.29 is 13.6 Å². The van der Waals surface area contributed by atoms with E-state index in [9.17, 15) is 13.6 Å². The molecule has 1 amide bonds. The lowest BCUT2D eigenvalue weighted by Gasteiger charge is -2.04. The largest absolute Gasteiger partial charge is 0.318 e. The van der Waals surface area contributed by atoms with Gasteiger partial charge >= 0.3 is 0 Å². The number of nitrogens with zero attached hydrogens (tertiary/aromatic N) is 2. The van der Waals surface area contributed by atoms with Gasteiger partial charge in [-0.15, -0.1) is 0 Å². The first kappa shape index (κ1) is 14.9. The Morgan fingerprint density at radius 2 is 1.83 bits per heavy atom. The van der Waals surface area contributed by atoms with Crippen molar-refractivity contribution in [3.63, 3.8) is 0 Å². The Bertz CT molecular complexity index is 860. The molecule has 0 unspecified atom stereocenters. The van der Waals surface area contributed by atoms with Crippen LogP contribution in [-0.2, 0) is 7.05 Å². The molecule has 116 valence electrons. The molecule has 3 aromatic rings. The fourth-order valence-corrected chi connectivity index (χ4v) is 2.23. The maximum Gasteiger partial charge on any atom is 0.276 e. The van der Waals surface area contributed by atoms with Gasteiger partial charge in [0.25, 0.3) is 5.91 Å². The maximum atomic E-state index is 13.6. The van der Waals surface area contributed by atoms with Gasteiger partial charge in [0.1, 0.15) is 11.6 Å². The number of nitrogens with one attached hydrogen (secondary N) is 1. The summed E-state index contributed by atoms with van der Waals surface area (Å²) in [6.45, 7) is 0. The number of carbonyl (C=O) groups is 1. The molecule has 2 aromatic carbocycles. The van der Waals surface area contributed by atoms with Crippen LogP contribution < -0.4 is 5.32 Å². The second-order valence-corrected chi connectivity index (χ2v) is 4.98. The van der Waals surface area contributed by atoms with Crippen LogP contribution in [0.15, 0.2) is 54.6 Å². The topological polar surface area (TPSA) is 46.9 Å². The van der Waals surface area contributed by atoms with Crippen molar-refractivity contribution in [3.05, 3.63) is 71.9 Å². The lowest BCUT2D eigenvalue weighted by atomic mass is 10.1. The number of hydrogen-bond acceptors (Lipinski definition) is 2. The molecule has 0 bridgehead atoms. The second kappa shape index (κ2) is 6.00. The standard InChI is InChI=1S/C17H13F2N3O/c1-22-16(11-5-3-2-4-6-11)10-15(21-22)17(23)20-14-8-7-12(18)9-13(14)19/h2-10H,1H3,(H,20,23). The highest BCUT2D eigenvalue weighted by Crippen LogP contribution is 2.21. The molecule has 23 heavy (non-hydrogen) atoms. The molecule has 0 saturated carbocycles. The molecule has 6 heteroatoms. The van der Waals surface area contributed by atoms with Crippen LogP contribution in [0.3, 0.4) is 0 Å². The number of halogens is 2. The molecule has 3 rings (SSSR count). The molecule has 0 spiro atoms. The fourth-order valence-electron chi connectivity index (χ4n) is 2.23. The molecule has 1 aromatic heterocycles. The van der Waals surface area contributed by atoms with Crippen LogP contribution in [-0.4, -0.2) is 15.7 Å². The SMILES string of the molecule is Cn1nc(C(=O)Nc2ccc(F)cc2F)cc1-c1ccccc1. The maximum absolute atomic E-state index is 13.6. The van der Waals surface area contributed by atoms with E-state index >= 15 is 0 Å². The van der Waals surface area contributed by atoms with Gasteiger partial charge in [-0.25, -0.2) is 8.78 Å². The van der Waals surface area contributed by atoms with Crippen LogP contribution in [0.5, 0.6) is 0 Å². The third-order valence-electron chi connectivity index (χ3n) is 3.36. The highest BCUT2D eigenvalue weighted by atomic mass is 19.1. The van der Waals surface area contributed by atoms with Crippen LogP contribution in [0, 0.1) is 11.6 Å². The van der Waals surface area contributed by atoms with E-state index in [2.05, 4.69) is 10.4 Å². The molecule has 0 aliphatic carbocycles. The molecular formula is C17H13F2N3O. The van der Waals surface area contributed by atoms with Gasteiger partial charge in [0.15, 0.2) is 5.69 Å². The van der Waals surface area contributed by atoms with Gasteiger partial charge in [-0.1, -0.05) is 30.3 Å². The number of benzene rings is 2. The summed E-state index contributed by atoms with van der Waals surface area (Å²) in [6.07, 6.45) is 0. The van der Waals surface area contributed by atoms with Gasteiger partial charge < -0.3 is 5.32 Å². The summed E-state index contributed by atoms with van der Waals surface area (Å²) in [5.74, 6) is -2.10. The summed E-state index contributed by atoms with van der Waals surface area (Å²) in [6, 6.07) is 14.0. The van der Waals surface area contributed by atoms with Gasteiger partial charge in [0, 0.05) is 13.1 Å². The summed E-state index contributed by atoms with van der Waals surface area (Å²) in [5.41, 5.74) is 1.73. The molecule has 0 aliphatic heterocycles. The quantitative estimate of drug-likeness (QED) is 0.803. The van der Waals surface area contributed by atoms with Crippen LogP contribution in [0.4, 0.5) is 14.5 Å². The molecule has 1 N–H and O–H groups in total. The molecule has 0 fully saturated rings. The normalized spacial score (nSPS) is 10.6. The zero-order valence-electron chi connectivity index (χ0n) is 12.3. The zero-order chi connectivity index (χ0) is 16.4. The van der Waals surface area contributed by atoms with Gasteiger partial charge in [-0.05, 0) is 23.8 Å². The lowest BCUT2D eigenvalue weighted by Crippen LogP contribution is -2.14. The monoisotopic (exact) mass is 313 g/mol. The molecule has 0 atom stereocenters.